The molecule has 4 N–H and O–H groups in total. The lowest BCUT2D eigenvalue weighted by molar-refractivity contribution is -0.185. The summed E-state index contributed by atoms with van der Waals surface area (Å²) in [7, 11) is 0. The van der Waals surface area contributed by atoms with Crippen molar-refractivity contribution in [2.24, 2.45) is 22.7 Å². The molecule has 1 aromatic carbocycles. The molecule has 0 aliphatic heterocycles. The number of nitrogens with one attached hydrogen (secondary N) is 2. The lowest BCUT2D eigenvalue weighted by atomic mass is 9.46. The van der Waals surface area contributed by atoms with Gasteiger partial charge in [-0.05, 0) is 74.1 Å². The maximum absolute atomic E-state index is 12.8. The number of carbonyl (C=O) groups excluding carboxylic acids is 2. The molecule has 6 atom stereocenters. The van der Waals surface area contributed by atoms with E-state index in [1.165, 1.54) is 0 Å². The predicted octanol–water partition coefficient (Wildman–Crippen LogP) is 4.40. The molecule has 8 heteroatoms. The van der Waals surface area contributed by atoms with Gasteiger partial charge in [0.05, 0.1) is 25.5 Å². The summed E-state index contributed by atoms with van der Waals surface area (Å²) in [5.74, 6) is 0.248. The minimum atomic E-state index is -0.694. The number of furan rings is 1. The van der Waals surface area contributed by atoms with Gasteiger partial charge < -0.3 is 24.7 Å². The van der Waals surface area contributed by atoms with Crippen molar-refractivity contribution < 1.29 is 29.0 Å². The van der Waals surface area contributed by atoms with E-state index in [2.05, 4.69) is 17.6 Å². The monoisotopic (exact) mass is 498 g/mol. The molecule has 8 nitrogen and oxygen atoms in total. The van der Waals surface area contributed by atoms with Gasteiger partial charge in [-0.2, -0.15) is 0 Å². The van der Waals surface area contributed by atoms with Crippen LogP contribution in [0.2, 0.25) is 0 Å². The van der Waals surface area contributed by atoms with Gasteiger partial charge in [0, 0.05) is 17.5 Å². The fourth-order valence-corrected chi connectivity index (χ4v) is 6.56. The zero-order valence-electron chi connectivity index (χ0n) is 21.3. The number of aliphatic hydroxyl groups excluding tert-OH is 2. The molecule has 0 spiro atoms. The van der Waals surface area contributed by atoms with Crippen molar-refractivity contribution in [2.75, 3.05) is 11.9 Å². The first-order valence-corrected chi connectivity index (χ1v) is 12.8. The number of aryl methyl sites for hydroxylation is 1. The van der Waals surface area contributed by atoms with Crippen LogP contribution < -0.4 is 10.6 Å². The second-order valence-corrected chi connectivity index (χ2v) is 11.0. The summed E-state index contributed by atoms with van der Waals surface area (Å²) in [6, 6.07) is 11.1. The summed E-state index contributed by atoms with van der Waals surface area (Å²) in [6.07, 6.45) is 2.58. The van der Waals surface area contributed by atoms with Gasteiger partial charge in [0.25, 0.3) is 0 Å². The van der Waals surface area contributed by atoms with Crippen molar-refractivity contribution in [3.05, 3.63) is 54.0 Å². The fraction of sp³-hybridized carbons (Fsp3) is 0.571. The van der Waals surface area contributed by atoms with Crippen LogP contribution in [0.4, 0.5) is 10.5 Å². The van der Waals surface area contributed by atoms with E-state index in [0.717, 1.165) is 5.56 Å². The van der Waals surface area contributed by atoms with Gasteiger partial charge in [0.2, 0.25) is 5.91 Å². The number of anilines is 1. The number of ether oxygens (including phenoxy) is 1. The van der Waals surface area contributed by atoms with Crippen LogP contribution in [-0.2, 0) is 16.1 Å². The van der Waals surface area contributed by atoms with Crippen LogP contribution >= 0.6 is 0 Å². The van der Waals surface area contributed by atoms with Crippen molar-refractivity contribution in [1.82, 2.24) is 5.32 Å². The molecular weight excluding hydrogens is 460 g/mol. The average Bonchev–Trinajstić information content (AvgIpc) is 3.37. The lowest BCUT2D eigenvalue weighted by Crippen LogP contribution is -2.61. The van der Waals surface area contributed by atoms with Gasteiger partial charge in [0.1, 0.15) is 11.9 Å². The van der Waals surface area contributed by atoms with Crippen LogP contribution in [0.25, 0.3) is 0 Å². The molecule has 0 radical (unpaired) electrons. The zero-order valence-corrected chi connectivity index (χ0v) is 21.3. The summed E-state index contributed by atoms with van der Waals surface area (Å²) in [6.45, 7) is 6.20. The molecule has 36 heavy (non-hydrogen) atoms. The third-order valence-corrected chi connectivity index (χ3v) is 8.67. The number of rotatable bonds is 7. The summed E-state index contributed by atoms with van der Waals surface area (Å²) in [5.41, 5.74) is 0.667. The van der Waals surface area contributed by atoms with E-state index >= 15 is 0 Å². The Labute approximate surface area is 212 Å². The molecule has 0 bridgehead atoms. The van der Waals surface area contributed by atoms with Gasteiger partial charge in [-0.3, -0.25) is 10.1 Å². The summed E-state index contributed by atoms with van der Waals surface area (Å²) in [4.78, 5) is 25.5. The first-order chi connectivity index (χ1) is 17.2. The van der Waals surface area contributed by atoms with E-state index in [9.17, 15) is 19.8 Å². The number of amides is 2. The Balaban J connectivity index is 1.45. The minimum Gasteiger partial charge on any atom is -0.467 e. The smallest absolute Gasteiger partial charge is 0.411 e. The Hall–Kier alpha value is -2.84. The van der Waals surface area contributed by atoms with Crippen molar-refractivity contribution >= 4 is 17.7 Å². The van der Waals surface area contributed by atoms with Crippen molar-refractivity contribution in [2.45, 2.75) is 71.6 Å². The van der Waals surface area contributed by atoms with E-state index in [1.54, 1.807) is 18.4 Å². The fourth-order valence-electron chi connectivity index (χ4n) is 6.56. The zero-order chi connectivity index (χ0) is 25.9. The second kappa shape index (κ2) is 10.6. The van der Waals surface area contributed by atoms with Gasteiger partial charge in [0.15, 0.2) is 0 Å². The maximum atomic E-state index is 12.8. The highest BCUT2D eigenvalue weighted by atomic mass is 16.6. The molecule has 196 valence electrons. The van der Waals surface area contributed by atoms with Gasteiger partial charge in [-0.1, -0.05) is 31.5 Å². The Morgan fingerprint density at radius 2 is 1.89 bits per heavy atom. The van der Waals surface area contributed by atoms with Crippen LogP contribution in [-0.4, -0.2) is 41.0 Å². The van der Waals surface area contributed by atoms with E-state index in [0.29, 0.717) is 43.7 Å². The highest BCUT2D eigenvalue weighted by molar-refractivity contribution is 5.84. The second-order valence-electron chi connectivity index (χ2n) is 11.0. The first-order valence-electron chi connectivity index (χ1n) is 12.8. The molecule has 0 saturated heterocycles. The largest absolute Gasteiger partial charge is 0.467 e. The molecule has 2 aliphatic rings. The van der Waals surface area contributed by atoms with Gasteiger partial charge in [-0.25, -0.2) is 4.79 Å². The van der Waals surface area contributed by atoms with Crippen LogP contribution in [0, 0.1) is 29.6 Å². The number of benzene rings is 1. The molecule has 2 amide bonds. The summed E-state index contributed by atoms with van der Waals surface area (Å²) in [5, 5.41) is 27.2. The highest BCUT2D eigenvalue weighted by Crippen LogP contribution is 2.61. The van der Waals surface area contributed by atoms with E-state index in [-0.39, 0.29) is 36.2 Å². The lowest BCUT2D eigenvalue weighted by Gasteiger charge is -2.60. The number of hydrogen-bond acceptors (Lipinski definition) is 6. The number of aliphatic hydroxyl groups is 2. The molecule has 2 saturated carbocycles. The van der Waals surface area contributed by atoms with Crippen molar-refractivity contribution in [3.8, 4) is 0 Å². The molecule has 1 unspecified atom stereocenters. The molecule has 2 aromatic rings. The molecular formula is C28H38N2O6. The Morgan fingerprint density at radius 1 is 1.14 bits per heavy atom. The Morgan fingerprint density at radius 3 is 2.56 bits per heavy atom. The third-order valence-electron chi connectivity index (χ3n) is 8.67. The van der Waals surface area contributed by atoms with Crippen LogP contribution in [0.5, 0.6) is 0 Å². The van der Waals surface area contributed by atoms with E-state index < -0.39 is 23.7 Å². The Bertz CT molecular complexity index is 1040. The third kappa shape index (κ3) is 5.30. The predicted molar refractivity (Wildman–Crippen MR) is 135 cm³/mol. The van der Waals surface area contributed by atoms with Crippen LogP contribution in [0.3, 0.4) is 0 Å². The minimum absolute atomic E-state index is 0.0211. The Kier molecular flexibility index (Phi) is 7.76. The number of fused-ring (bicyclic) bond motifs is 1. The quantitative estimate of drug-likeness (QED) is 0.449. The standard InChI is InChI=1S/C28H38N2O6/c1-18-6-8-19(9-7-18)30-26(34)36-24-12-13-27(2)21(15-25(33)29-16-20-5-4-14-35-20)22(32)10-11-23(27)28(24,3)17-31/h4-9,14,21-24,31-32H,10-13,15-17H2,1-3H3,(H,29,33)(H,30,34)/t21-,22-,23?,24-,27+,28+/m1/s1. The van der Waals surface area contributed by atoms with Crippen molar-refractivity contribution in [1.29, 1.82) is 0 Å². The average molecular weight is 499 g/mol. The summed E-state index contributed by atoms with van der Waals surface area (Å²) >= 11 is 0. The highest BCUT2D eigenvalue weighted by Gasteiger charge is 2.60. The number of hydrogen-bond donors (Lipinski definition) is 4. The molecule has 2 aliphatic carbocycles. The molecule has 1 aromatic heterocycles. The molecule has 4 rings (SSSR count). The topological polar surface area (TPSA) is 121 Å². The normalized spacial score (nSPS) is 31.8. The van der Waals surface area contributed by atoms with Gasteiger partial charge >= 0.3 is 6.09 Å². The molecule has 1 heterocycles. The maximum Gasteiger partial charge on any atom is 0.411 e. The SMILES string of the molecule is Cc1ccc(NC(=O)O[C@@H]2CC[C@]3(C)C(CC[C@@H](O)[C@H]3CC(=O)NCc3ccco3)[C@]2(C)CO)cc1. The van der Waals surface area contributed by atoms with Gasteiger partial charge in [-0.15, -0.1) is 0 Å². The van der Waals surface area contributed by atoms with Crippen LogP contribution in [0.1, 0.15) is 57.3 Å². The van der Waals surface area contributed by atoms with E-state index in [1.807, 2.05) is 38.1 Å². The van der Waals surface area contributed by atoms with Crippen molar-refractivity contribution in [3.63, 3.8) is 0 Å². The van der Waals surface area contributed by atoms with E-state index in [4.69, 9.17) is 9.15 Å². The first kappa shape index (κ1) is 26.2. The summed E-state index contributed by atoms with van der Waals surface area (Å²) < 4.78 is 11.2. The van der Waals surface area contributed by atoms with Crippen LogP contribution in [0.15, 0.2) is 47.1 Å². The molecule has 2 fully saturated rings. The number of carbonyl (C=O) groups is 2.